The number of carbonyl (C=O) groups is 1. The third kappa shape index (κ3) is 3.11. The lowest BCUT2D eigenvalue weighted by Crippen LogP contribution is -2.11. The summed E-state index contributed by atoms with van der Waals surface area (Å²) in [5.74, 6) is -0.300. The number of tetrazole rings is 1. The zero-order valence-corrected chi connectivity index (χ0v) is 11.5. The zero-order chi connectivity index (χ0) is 14.7. The first-order valence-corrected chi connectivity index (χ1v) is 6.85. The van der Waals surface area contributed by atoms with Crippen LogP contribution in [0.4, 0.5) is 0 Å². The predicted octanol–water partition coefficient (Wildman–Crippen LogP) is 2.17. The largest absolute Gasteiger partial charge is 0.480 e. The summed E-state index contributed by atoms with van der Waals surface area (Å²) in [7, 11) is 0. The number of carboxylic acids is 1. The van der Waals surface area contributed by atoms with E-state index in [4.69, 9.17) is 9.52 Å². The Labute approximate surface area is 123 Å². The monoisotopic (exact) mass is 302 g/mol. The van der Waals surface area contributed by atoms with Gasteiger partial charge in [-0.2, -0.15) is 0 Å². The van der Waals surface area contributed by atoms with Crippen LogP contribution in [0.3, 0.4) is 0 Å². The highest BCUT2D eigenvalue weighted by Crippen LogP contribution is 2.31. The van der Waals surface area contributed by atoms with Crippen molar-refractivity contribution in [1.29, 1.82) is 0 Å². The standard InChI is InChI=1S/C13H10N4O3S/c18-11(19)8-17-13(14-15-16-17)10-6-7-12(20-10)21-9-4-2-1-3-5-9/h1-7H,8H2,(H,18,19). The first kappa shape index (κ1) is 13.4. The summed E-state index contributed by atoms with van der Waals surface area (Å²) in [6.07, 6.45) is 0. The van der Waals surface area contributed by atoms with Crippen LogP contribution in [-0.4, -0.2) is 31.3 Å². The minimum atomic E-state index is -1.02. The molecule has 8 heteroatoms. The van der Waals surface area contributed by atoms with Crippen molar-refractivity contribution in [2.75, 3.05) is 0 Å². The molecule has 1 N–H and O–H groups in total. The van der Waals surface area contributed by atoms with Gasteiger partial charge in [-0.1, -0.05) is 30.0 Å². The van der Waals surface area contributed by atoms with Gasteiger partial charge in [-0.15, -0.1) is 5.10 Å². The van der Waals surface area contributed by atoms with E-state index in [2.05, 4.69) is 15.5 Å². The van der Waals surface area contributed by atoms with Crippen molar-refractivity contribution in [2.24, 2.45) is 0 Å². The zero-order valence-electron chi connectivity index (χ0n) is 10.7. The van der Waals surface area contributed by atoms with Crippen LogP contribution in [0.1, 0.15) is 0 Å². The molecule has 0 radical (unpaired) electrons. The van der Waals surface area contributed by atoms with Crippen molar-refractivity contribution in [3.05, 3.63) is 42.5 Å². The van der Waals surface area contributed by atoms with Crippen LogP contribution in [-0.2, 0) is 11.3 Å². The molecule has 106 valence electrons. The molecule has 0 bridgehead atoms. The smallest absolute Gasteiger partial charge is 0.325 e. The van der Waals surface area contributed by atoms with Gasteiger partial charge in [-0.3, -0.25) is 4.79 Å². The summed E-state index contributed by atoms with van der Waals surface area (Å²) in [6, 6.07) is 13.3. The van der Waals surface area contributed by atoms with Gasteiger partial charge in [0.15, 0.2) is 10.9 Å². The summed E-state index contributed by atoms with van der Waals surface area (Å²) >= 11 is 1.46. The molecule has 2 aromatic heterocycles. The van der Waals surface area contributed by atoms with E-state index in [1.54, 1.807) is 12.1 Å². The van der Waals surface area contributed by atoms with Gasteiger partial charge in [-0.25, -0.2) is 4.68 Å². The Balaban J connectivity index is 1.82. The van der Waals surface area contributed by atoms with E-state index in [9.17, 15) is 4.79 Å². The predicted molar refractivity (Wildman–Crippen MR) is 73.7 cm³/mol. The molecule has 2 heterocycles. The minimum Gasteiger partial charge on any atom is -0.480 e. The SMILES string of the molecule is O=C(O)Cn1nnnc1-c1ccc(Sc2ccccc2)o1. The molecule has 1 aromatic carbocycles. The van der Waals surface area contributed by atoms with Crippen molar-refractivity contribution >= 4 is 17.7 Å². The molecular weight excluding hydrogens is 292 g/mol. The minimum absolute atomic E-state index is 0.289. The summed E-state index contributed by atoms with van der Waals surface area (Å²) in [5, 5.41) is 20.4. The lowest BCUT2D eigenvalue weighted by Gasteiger charge is -1.99. The van der Waals surface area contributed by atoms with Gasteiger partial charge in [0.2, 0.25) is 5.82 Å². The van der Waals surface area contributed by atoms with Crippen molar-refractivity contribution in [3.63, 3.8) is 0 Å². The first-order valence-electron chi connectivity index (χ1n) is 6.03. The second kappa shape index (κ2) is 5.80. The van der Waals surface area contributed by atoms with Gasteiger partial charge in [0, 0.05) is 4.90 Å². The van der Waals surface area contributed by atoms with Gasteiger partial charge < -0.3 is 9.52 Å². The molecule has 0 unspecified atom stereocenters. The van der Waals surface area contributed by atoms with Gasteiger partial charge in [0.1, 0.15) is 6.54 Å². The molecule has 21 heavy (non-hydrogen) atoms. The molecular formula is C13H10N4O3S. The first-order chi connectivity index (χ1) is 10.2. The van der Waals surface area contributed by atoms with E-state index in [-0.39, 0.29) is 12.4 Å². The maximum absolute atomic E-state index is 10.7. The van der Waals surface area contributed by atoms with Crippen LogP contribution >= 0.6 is 11.8 Å². The third-order valence-electron chi connectivity index (χ3n) is 2.58. The van der Waals surface area contributed by atoms with Crippen molar-refractivity contribution in [3.8, 4) is 11.6 Å². The molecule has 0 amide bonds. The van der Waals surface area contributed by atoms with E-state index in [1.807, 2.05) is 30.3 Å². The molecule has 0 saturated carbocycles. The van der Waals surface area contributed by atoms with Gasteiger partial charge in [0.25, 0.3) is 0 Å². The Morgan fingerprint density at radius 1 is 1.24 bits per heavy atom. The van der Waals surface area contributed by atoms with E-state index in [0.717, 1.165) is 4.90 Å². The van der Waals surface area contributed by atoms with Crippen LogP contribution < -0.4 is 0 Å². The number of hydrogen-bond donors (Lipinski definition) is 1. The number of benzene rings is 1. The molecule has 0 atom stereocenters. The van der Waals surface area contributed by atoms with Crippen LogP contribution in [0.25, 0.3) is 11.6 Å². The number of aliphatic carboxylic acids is 1. The maximum atomic E-state index is 10.7. The number of hydrogen-bond acceptors (Lipinski definition) is 6. The quantitative estimate of drug-likeness (QED) is 0.771. The second-order valence-electron chi connectivity index (χ2n) is 4.09. The number of aromatic nitrogens is 4. The number of rotatable bonds is 5. The summed E-state index contributed by atoms with van der Waals surface area (Å²) in [4.78, 5) is 11.8. The Kier molecular flexibility index (Phi) is 3.69. The van der Waals surface area contributed by atoms with E-state index < -0.39 is 5.97 Å². The van der Waals surface area contributed by atoms with E-state index in [0.29, 0.717) is 10.9 Å². The molecule has 0 fully saturated rings. The van der Waals surface area contributed by atoms with Gasteiger partial charge in [-0.05, 0) is 34.7 Å². The fraction of sp³-hybridized carbons (Fsp3) is 0.0769. The summed E-state index contributed by atoms with van der Waals surface area (Å²) < 4.78 is 6.84. The summed E-state index contributed by atoms with van der Waals surface area (Å²) in [5.41, 5.74) is 0. The molecule has 0 saturated heterocycles. The molecule has 0 aliphatic carbocycles. The molecule has 7 nitrogen and oxygen atoms in total. The molecule has 3 rings (SSSR count). The van der Waals surface area contributed by atoms with E-state index >= 15 is 0 Å². The highest BCUT2D eigenvalue weighted by Gasteiger charge is 2.15. The topological polar surface area (TPSA) is 94.0 Å². The molecule has 3 aromatic rings. The van der Waals surface area contributed by atoms with Crippen LogP contribution in [0.15, 0.2) is 56.9 Å². The third-order valence-corrected chi connectivity index (χ3v) is 3.51. The number of carboxylic acid groups (broad SMARTS) is 1. The van der Waals surface area contributed by atoms with Crippen LogP contribution in [0.5, 0.6) is 0 Å². The Morgan fingerprint density at radius 3 is 2.81 bits per heavy atom. The van der Waals surface area contributed by atoms with Crippen molar-refractivity contribution in [1.82, 2.24) is 20.2 Å². The number of nitrogens with zero attached hydrogens (tertiary/aromatic N) is 4. The lowest BCUT2D eigenvalue weighted by atomic mass is 10.4. The Bertz CT molecular complexity index is 754. The fourth-order valence-electron chi connectivity index (χ4n) is 1.72. The highest BCUT2D eigenvalue weighted by molar-refractivity contribution is 7.99. The Morgan fingerprint density at radius 2 is 2.05 bits per heavy atom. The fourth-order valence-corrected chi connectivity index (χ4v) is 2.51. The molecule has 0 aliphatic rings. The highest BCUT2D eigenvalue weighted by atomic mass is 32.2. The lowest BCUT2D eigenvalue weighted by molar-refractivity contribution is -0.137. The number of furan rings is 1. The second-order valence-corrected chi connectivity index (χ2v) is 5.17. The normalized spacial score (nSPS) is 10.7. The Hall–Kier alpha value is -2.61. The van der Waals surface area contributed by atoms with Crippen LogP contribution in [0, 0.1) is 0 Å². The average molecular weight is 302 g/mol. The maximum Gasteiger partial charge on any atom is 0.325 e. The van der Waals surface area contributed by atoms with Gasteiger partial charge >= 0.3 is 5.97 Å². The average Bonchev–Trinajstić information content (AvgIpc) is 3.08. The van der Waals surface area contributed by atoms with Crippen LogP contribution in [0.2, 0.25) is 0 Å². The van der Waals surface area contributed by atoms with E-state index in [1.165, 1.54) is 16.4 Å². The van der Waals surface area contributed by atoms with Crippen molar-refractivity contribution < 1.29 is 14.3 Å². The summed E-state index contributed by atoms with van der Waals surface area (Å²) in [6.45, 7) is -0.315. The van der Waals surface area contributed by atoms with Crippen molar-refractivity contribution in [2.45, 2.75) is 16.5 Å². The molecule has 0 aliphatic heterocycles. The molecule has 0 spiro atoms. The van der Waals surface area contributed by atoms with Gasteiger partial charge in [0.05, 0.1) is 0 Å².